The number of nitrogens with one attached hydrogen (secondary N) is 1. The first-order valence-corrected chi connectivity index (χ1v) is 9.87. The minimum atomic E-state index is -0.297. The molecule has 6 nitrogen and oxygen atoms in total. The topological polar surface area (TPSA) is 69.0 Å². The molecule has 27 heavy (non-hydrogen) atoms. The number of para-hydroxylation sites is 1. The second-order valence-electron chi connectivity index (χ2n) is 6.89. The van der Waals surface area contributed by atoms with Gasteiger partial charge < -0.3 is 10.1 Å². The van der Waals surface area contributed by atoms with E-state index in [2.05, 4.69) is 29.0 Å². The monoisotopic (exact) mass is 388 g/mol. The third-order valence-electron chi connectivity index (χ3n) is 4.37. The van der Waals surface area contributed by atoms with Gasteiger partial charge in [-0.15, -0.1) is 16.8 Å². The number of carbonyl (C=O) groups is 1. The molecule has 0 aliphatic heterocycles. The lowest BCUT2D eigenvalue weighted by Crippen LogP contribution is -2.46. The number of hydrogen-bond donors (Lipinski definition) is 1. The molecule has 0 saturated heterocycles. The maximum absolute atomic E-state index is 12.5. The van der Waals surface area contributed by atoms with Crippen molar-refractivity contribution < 1.29 is 9.53 Å². The summed E-state index contributed by atoms with van der Waals surface area (Å²) in [4.78, 5) is 12.5. The molecule has 0 fully saturated rings. The summed E-state index contributed by atoms with van der Waals surface area (Å²) in [6.07, 6.45) is 2.65. The first-order chi connectivity index (χ1) is 12.8. The van der Waals surface area contributed by atoms with Gasteiger partial charge in [0.2, 0.25) is 5.91 Å². The fourth-order valence-corrected chi connectivity index (χ4v) is 3.29. The van der Waals surface area contributed by atoms with Crippen molar-refractivity contribution in [3.8, 4) is 17.1 Å². The number of methoxy groups -OCH3 is 1. The molecule has 1 heterocycles. The van der Waals surface area contributed by atoms with Crippen molar-refractivity contribution >= 4 is 17.7 Å². The van der Waals surface area contributed by atoms with E-state index < -0.39 is 0 Å². The molecule has 2 aromatic rings. The van der Waals surface area contributed by atoms with Gasteiger partial charge >= 0.3 is 0 Å². The van der Waals surface area contributed by atoms with Crippen molar-refractivity contribution in [2.75, 3.05) is 7.11 Å². The first-order valence-electron chi connectivity index (χ1n) is 8.99. The van der Waals surface area contributed by atoms with E-state index in [-0.39, 0.29) is 16.7 Å². The molecule has 1 atom stereocenters. The van der Waals surface area contributed by atoms with Gasteiger partial charge in [0.05, 0.1) is 17.9 Å². The number of allylic oxidation sites excluding steroid dienone is 1. The van der Waals surface area contributed by atoms with E-state index in [9.17, 15) is 4.79 Å². The number of hydrogen-bond acceptors (Lipinski definition) is 5. The molecule has 1 aromatic heterocycles. The maximum atomic E-state index is 12.5. The van der Waals surface area contributed by atoms with Crippen LogP contribution < -0.4 is 10.1 Å². The predicted molar refractivity (Wildman–Crippen MR) is 110 cm³/mol. The Morgan fingerprint density at radius 1 is 1.41 bits per heavy atom. The first kappa shape index (κ1) is 21.0. The Balaban J connectivity index is 2.29. The Morgan fingerprint density at radius 2 is 2.11 bits per heavy atom. The van der Waals surface area contributed by atoms with E-state index in [0.717, 1.165) is 17.7 Å². The van der Waals surface area contributed by atoms with Crippen LogP contribution in [0.1, 0.15) is 34.1 Å². The number of benzene rings is 1. The summed E-state index contributed by atoms with van der Waals surface area (Å²) in [5.41, 5.74) is 0.619. The van der Waals surface area contributed by atoms with E-state index in [4.69, 9.17) is 4.74 Å². The van der Waals surface area contributed by atoms with Gasteiger partial charge in [-0.1, -0.05) is 36.9 Å². The number of aromatic nitrogens is 3. The average molecular weight is 389 g/mol. The summed E-state index contributed by atoms with van der Waals surface area (Å²) in [6, 6.07) is 7.67. The van der Waals surface area contributed by atoms with Gasteiger partial charge in [-0.2, -0.15) is 0 Å². The van der Waals surface area contributed by atoms with Crippen molar-refractivity contribution in [2.45, 2.75) is 56.6 Å². The van der Waals surface area contributed by atoms with Crippen LogP contribution in [0.25, 0.3) is 11.4 Å². The highest BCUT2D eigenvalue weighted by atomic mass is 32.2. The fourth-order valence-electron chi connectivity index (χ4n) is 2.43. The summed E-state index contributed by atoms with van der Waals surface area (Å²) in [5, 5.41) is 12.1. The molecule has 2 rings (SSSR count). The number of ether oxygens (including phenoxy) is 1. The van der Waals surface area contributed by atoms with Crippen LogP contribution in [0.5, 0.6) is 5.75 Å². The molecular weight excluding hydrogens is 360 g/mol. The third kappa shape index (κ3) is 5.13. The van der Waals surface area contributed by atoms with Gasteiger partial charge in [0.15, 0.2) is 11.0 Å². The van der Waals surface area contributed by atoms with Crippen LogP contribution in [0, 0.1) is 0 Å². The number of rotatable bonds is 9. The minimum Gasteiger partial charge on any atom is -0.496 e. The zero-order valence-corrected chi connectivity index (χ0v) is 17.5. The summed E-state index contributed by atoms with van der Waals surface area (Å²) in [5.74, 6) is 1.40. The summed E-state index contributed by atoms with van der Waals surface area (Å²) < 4.78 is 7.40. The normalized spacial score (nSPS) is 12.5. The number of amides is 1. The highest BCUT2D eigenvalue weighted by Crippen LogP contribution is 2.32. The predicted octanol–water partition coefficient (Wildman–Crippen LogP) is 3.93. The largest absolute Gasteiger partial charge is 0.496 e. The lowest BCUT2D eigenvalue weighted by Gasteiger charge is -2.26. The van der Waals surface area contributed by atoms with Crippen LogP contribution in [-0.4, -0.2) is 38.6 Å². The summed E-state index contributed by atoms with van der Waals surface area (Å²) in [6.45, 7) is 12.3. The Labute approximate surface area is 165 Å². The van der Waals surface area contributed by atoms with Gasteiger partial charge in [-0.3, -0.25) is 9.36 Å². The Morgan fingerprint density at radius 3 is 2.74 bits per heavy atom. The smallest absolute Gasteiger partial charge is 0.233 e. The lowest BCUT2D eigenvalue weighted by molar-refractivity contribution is -0.121. The highest BCUT2D eigenvalue weighted by molar-refractivity contribution is 8.00. The van der Waals surface area contributed by atoms with Crippen molar-refractivity contribution in [3.63, 3.8) is 0 Å². The van der Waals surface area contributed by atoms with Gasteiger partial charge in [-0.25, -0.2) is 0 Å². The highest BCUT2D eigenvalue weighted by Gasteiger charge is 2.25. The van der Waals surface area contributed by atoms with Crippen molar-refractivity contribution in [1.82, 2.24) is 20.1 Å². The number of thioether (sulfide) groups is 1. The minimum absolute atomic E-state index is 0.0150. The summed E-state index contributed by atoms with van der Waals surface area (Å²) in [7, 11) is 1.63. The van der Waals surface area contributed by atoms with Crippen LogP contribution in [0.4, 0.5) is 0 Å². The fraction of sp³-hybridized carbons (Fsp3) is 0.450. The van der Waals surface area contributed by atoms with Gasteiger partial charge in [-0.05, 0) is 39.3 Å². The number of nitrogens with zero attached hydrogens (tertiary/aromatic N) is 3. The molecule has 0 aliphatic carbocycles. The Kier molecular flexibility index (Phi) is 7.07. The molecule has 1 amide bonds. The second-order valence-corrected chi connectivity index (χ2v) is 8.20. The quantitative estimate of drug-likeness (QED) is 0.521. The van der Waals surface area contributed by atoms with Crippen molar-refractivity contribution in [3.05, 3.63) is 36.9 Å². The van der Waals surface area contributed by atoms with Crippen molar-refractivity contribution in [1.29, 1.82) is 0 Å². The molecule has 1 unspecified atom stereocenters. The Hall–Kier alpha value is -2.28. The van der Waals surface area contributed by atoms with Crippen LogP contribution in [0.3, 0.4) is 0 Å². The second kappa shape index (κ2) is 9.08. The van der Waals surface area contributed by atoms with E-state index in [0.29, 0.717) is 17.5 Å². The SMILES string of the molecule is C=CCn1c(SC(C)C(=O)NC(C)(C)CC)nnc1-c1ccccc1OC. The standard InChI is InChI=1S/C20H28N4O2S/c1-7-13-24-17(15-11-9-10-12-16(15)26-6)22-23-19(24)27-14(3)18(25)21-20(4,5)8-2/h7,9-12,14H,1,8,13H2,2-6H3,(H,21,25). The molecule has 7 heteroatoms. The molecular formula is C20H28N4O2S. The zero-order valence-electron chi connectivity index (χ0n) is 16.7. The van der Waals surface area contributed by atoms with E-state index in [1.165, 1.54) is 11.8 Å². The third-order valence-corrected chi connectivity index (χ3v) is 5.45. The molecule has 0 saturated carbocycles. The van der Waals surface area contributed by atoms with Gasteiger partial charge in [0.25, 0.3) is 0 Å². The van der Waals surface area contributed by atoms with E-state index >= 15 is 0 Å². The number of carbonyl (C=O) groups excluding carboxylic acids is 1. The molecule has 1 aromatic carbocycles. The average Bonchev–Trinajstić information content (AvgIpc) is 3.03. The van der Waals surface area contributed by atoms with Gasteiger partial charge in [0.1, 0.15) is 5.75 Å². The molecule has 0 bridgehead atoms. The van der Waals surface area contributed by atoms with Crippen LogP contribution in [0.15, 0.2) is 42.1 Å². The van der Waals surface area contributed by atoms with Crippen LogP contribution in [0.2, 0.25) is 0 Å². The lowest BCUT2D eigenvalue weighted by atomic mass is 10.0. The molecule has 0 spiro atoms. The van der Waals surface area contributed by atoms with Crippen LogP contribution >= 0.6 is 11.8 Å². The van der Waals surface area contributed by atoms with E-state index in [1.807, 2.05) is 49.6 Å². The summed E-state index contributed by atoms with van der Waals surface area (Å²) >= 11 is 1.39. The zero-order chi connectivity index (χ0) is 20.0. The Bertz CT molecular complexity index is 801. The van der Waals surface area contributed by atoms with Crippen molar-refractivity contribution in [2.24, 2.45) is 0 Å². The molecule has 146 valence electrons. The molecule has 0 aliphatic rings. The maximum Gasteiger partial charge on any atom is 0.233 e. The molecule has 1 N–H and O–H groups in total. The molecule has 0 radical (unpaired) electrons. The van der Waals surface area contributed by atoms with Gasteiger partial charge in [0, 0.05) is 12.1 Å². The van der Waals surface area contributed by atoms with E-state index in [1.54, 1.807) is 13.2 Å². The van der Waals surface area contributed by atoms with Crippen LogP contribution in [-0.2, 0) is 11.3 Å².